The van der Waals surface area contributed by atoms with Gasteiger partial charge in [-0.05, 0) is 18.2 Å². The molecule has 1 aromatic rings. The van der Waals surface area contributed by atoms with Crippen molar-refractivity contribution in [2.75, 3.05) is 32.1 Å². The summed E-state index contributed by atoms with van der Waals surface area (Å²) < 4.78 is 49.7. The van der Waals surface area contributed by atoms with E-state index in [0.29, 0.717) is 4.90 Å². The van der Waals surface area contributed by atoms with Crippen molar-refractivity contribution >= 4 is 27.7 Å². The minimum atomic E-state index is -3.28. The Kier molecular flexibility index (Phi) is 6.56. The number of hydrogen-bond acceptors (Lipinski definition) is 4. The predicted octanol–water partition coefficient (Wildman–Crippen LogP) is 1.06. The van der Waals surface area contributed by atoms with Crippen LogP contribution in [-0.4, -0.2) is 51.4 Å². The van der Waals surface area contributed by atoms with Gasteiger partial charge in [-0.3, -0.25) is 4.79 Å². The predicted molar refractivity (Wildman–Crippen MR) is 77.6 cm³/mol. The number of rotatable bonds is 7. The van der Waals surface area contributed by atoms with Crippen LogP contribution in [0.15, 0.2) is 23.1 Å². The van der Waals surface area contributed by atoms with Gasteiger partial charge >= 0.3 is 0 Å². The van der Waals surface area contributed by atoms with Gasteiger partial charge in [-0.25, -0.2) is 21.9 Å². The summed E-state index contributed by atoms with van der Waals surface area (Å²) in [5.74, 6) is -2.08. The first-order chi connectivity index (χ1) is 9.69. The van der Waals surface area contributed by atoms with Gasteiger partial charge in [0.15, 0.2) is 11.6 Å². The molecule has 118 valence electrons. The molecule has 0 bridgehead atoms. The highest BCUT2D eigenvalue weighted by atomic mass is 32.2. The maximum absolute atomic E-state index is 13.0. The van der Waals surface area contributed by atoms with Crippen LogP contribution in [0.1, 0.15) is 0 Å². The van der Waals surface area contributed by atoms with E-state index in [2.05, 4.69) is 4.72 Å². The van der Waals surface area contributed by atoms with E-state index in [0.717, 1.165) is 30.2 Å². The van der Waals surface area contributed by atoms with Crippen molar-refractivity contribution in [3.8, 4) is 0 Å². The Balaban J connectivity index is 2.40. The lowest BCUT2D eigenvalue weighted by molar-refractivity contribution is -0.127. The van der Waals surface area contributed by atoms with E-state index in [-0.39, 0.29) is 24.7 Å². The number of halogens is 2. The summed E-state index contributed by atoms with van der Waals surface area (Å²) in [6.07, 6.45) is 1.04. The molecule has 0 radical (unpaired) electrons. The van der Waals surface area contributed by atoms with Crippen LogP contribution < -0.4 is 4.72 Å². The summed E-state index contributed by atoms with van der Waals surface area (Å²) in [6, 6.07) is 3.42. The lowest BCUT2D eigenvalue weighted by Crippen LogP contribution is -2.36. The second kappa shape index (κ2) is 7.71. The lowest BCUT2D eigenvalue weighted by Gasteiger charge is -2.16. The number of likely N-dealkylation sites (N-methyl/N-ethyl adjacent to an activating group) is 1. The lowest BCUT2D eigenvalue weighted by atomic mass is 10.3. The molecule has 0 aliphatic heterocycles. The monoisotopic (exact) mass is 338 g/mol. The first kappa shape index (κ1) is 17.9. The highest BCUT2D eigenvalue weighted by molar-refractivity contribution is 8.00. The zero-order valence-electron chi connectivity index (χ0n) is 11.6. The fourth-order valence-electron chi connectivity index (χ4n) is 1.35. The second-order valence-electron chi connectivity index (χ2n) is 4.35. The molecule has 0 unspecified atom stereocenters. The Hall–Kier alpha value is -1.19. The van der Waals surface area contributed by atoms with Crippen molar-refractivity contribution in [2.45, 2.75) is 4.90 Å². The zero-order chi connectivity index (χ0) is 16.0. The van der Waals surface area contributed by atoms with Crippen LogP contribution in [0.3, 0.4) is 0 Å². The Morgan fingerprint density at radius 3 is 2.57 bits per heavy atom. The molecular weight excluding hydrogens is 322 g/mol. The topological polar surface area (TPSA) is 66.5 Å². The molecule has 0 atom stereocenters. The molecule has 1 rings (SSSR count). The van der Waals surface area contributed by atoms with Crippen molar-refractivity contribution in [2.24, 2.45) is 0 Å². The van der Waals surface area contributed by atoms with E-state index < -0.39 is 21.7 Å². The average molecular weight is 338 g/mol. The third kappa shape index (κ3) is 6.87. The Morgan fingerprint density at radius 1 is 1.33 bits per heavy atom. The van der Waals surface area contributed by atoms with Gasteiger partial charge in [-0.15, -0.1) is 11.8 Å². The summed E-state index contributed by atoms with van der Waals surface area (Å²) in [6.45, 7) is 0.348. The normalized spacial score (nSPS) is 11.4. The van der Waals surface area contributed by atoms with E-state index in [4.69, 9.17) is 0 Å². The van der Waals surface area contributed by atoms with Crippen LogP contribution in [0.2, 0.25) is 0 Å². The number of carbonyl (C=O) groups excluding carboxylic acids is 1. The molecule has 0 saturated heterocycles. The first-order valence-electron chi connectivity index (χ1n) is 5.95. The maximum atomic E-state index is 13.0. The highest BCUT2D eigenvalue weighted by Crippen LogP contribution is 2.20. The van der Waals surface area contributed by atoms with Crippen molar-refractivity contribution < 1.29 is 22.0 Å². The number of amides is 1. The third-order valence-electron chi connectivity index (χ3n) is 2.49. The number of nitrogens with one attached hydrogen (secondary N) is 1. The Bertz CT molecular complexity index is 609. The molecule has 0 saturated carbocycles. The summed E-state index contributed by atoms with van der Waals surface area (Å²) in [5.41, 5.74) is 0. The van der Waals surface area contributed by atoms with Gasteiger partial charge < -0.3 is 4.90 Å². The Morgan fingerprint density at radius 2 is 2.00 bits per heavy atom. The zero-order valence-corrected chi connectivity index (χ0v) is 13.2. The SMILES string of the molecule is CN(CCNS(C)(=O)=O)C(=O)CSc1ccc(F)c(F)c1. The van der Waals surface area contributed by atoms with Crippen molar-refractivity contribution in [1.82, 2.24) is 9.62 Å². The second-order valence-corrected chi connectivity index (χ2v) is 7.23. The standard InChI is InChI=1S/C12H16F2N2O3S2/c1-16(6-5-15-21(2,18)19)12(17)8-20-9-3-4-10(13)11(14)7-9/h3-4,7,15H,5-6,8H2,1-2H3. The van der Waals surface area contributed by atoms with E-state index in [1.807, 2.05) is 0 Å². The van der Waals surface area contributed by atoms with Gasteiger partial charge in [0.05, 0.1) is 12.0 Å². The molecule has 0 fully saturated rings. The van der Waals surface area contributed by atoms with E-state index in [1.165, 1.54) is 18.0 Å². The molecule has 9 heteroatoms. The van der Waals surface area contributed by atoms with Gasteiger partial charge in [-0.2, -0.15) is 0 Å². The average Bonchev–Trinajstić information content (AvgIpc) is 2.38. The fraction of sp³-hybridized carbons (Fsp3) is 0.417. The molecule has 5 nitrogen and oxygen atoms in total. The van der Waals surface area contributed by atoms with Crippen molar-refractivity contribution in [1.29, 1.82) is 0 Å². The molecule has 0 heterocycles. The van der Waals surface area contributed by atoms with Crippen LogP contribution in [0, 0.1) is 11.6 Å². The molecule has 0 aromatic heterocycles. The van der Waals surface area contributed by atoms with Gasteiger partial charge in [0.1, 0.15) is 0 Å². The Labute approximate surface area is 126 Å². The van der Waals surface area contributed by atoms with E-state index in [1.54, 1.807) is 0 Å². The molecule has 1 amide bonds. The van der Waals surface area contributed by atoms with E-state index in [9.17, 15) is 22.0 Å². The van der Waals surface area contributed by atoms with Gasteiger partial charge in [0, 0.05) is 25.0 Å². The number of thioether (sulfide) groups is 1. The molecule has 0 spiro atoms. The summed E-state index contributed by atoms with van der Waals surface area (Å²) in [7, 11) is -1.74. The summed E-state index contributed by atoms with van der Waals surface area (Å²) in [5, 5.41) is 0. The van der Waals surface area contributed by atoms with Crippen LogP contribution in [0.4, 0.5) is 8.78 Å². The van der Waals surface area contributed by atoms with Crippen LogP contribution in [0.5, 0.6) is 0 Å². The van der Waals surface area contributed by atoms with Gasteiger partial charge in [0.25, 0.3) is 0 Å². The van der Waals surface area contributed by atoms with Gasteiger partial charge in [0.2, 0.25) is 15.9 Å². The number of nitrogens with zero attached hydrogens (tertiary/aromatic N) is 1. The van der Waals surface area contributed by atoms with Crippen LogP contribution in [0.25, 0.3) is 0 Å². The number of carbonyl (C=O) groups is 1. The molecule has 0 aliphatic carbocycles. The highest BCUT2D eigenvalue weighted by Gasteiger charge is 2.11. The molecular formula is C12H16F2N2O3S2. The summed E-state index contributed by atoms with van der Waals surface area (Å²) >= 11 is 1.08. The fourth-order valence-corrected chi connectivity index (χ4v) is 2.67. The smallest absolute Gasteiger partial charge is 0.232 e. The quantitative estimate of drug-likeness (QED) is 0.755. The molecule has 21 heavy (non-hydrogen) atoms. The van der Waals surface area contributed by atoms with Crippen molar-refractivity contribution in [3.63, 3.8) is 0 Å². The number of benzene rings is 1. The van der Waals surface area contributed by atoms with Crippen LogP contribution in [-0.2, 0) is 14.8 Å². The number of hydrogen-bond donors (Lipinski definition) is 1. The van der Waals surface area contributed by atoms with Crippen LogP contribution >= 0.6 is 11.8 Å². The molecule has 1 aromatic carbocycles. The van der Waals surface area contributed by atoms with Crippen molar-refractivity contribution in [3.05, 3.63) is 29.8 Å². The molecule has 1 N–H and O–H groups in total. The number of sulfonamides is 1. The minimum Gasteiger partial charge on any atom is -0.344 e. The largest absolute Gasteiger partial charge is 0.344 e. The maximum Gasteiger partial charge on any atom is 0.232 e. The third-order valence-corrected chi connectivity index (χ3v) is 4.20. The minimum absolute atomic E-state index is 0.0560. The van der Waals surface area contributed by atoms with E-state index >= 15 is 0 Å². The first-order valence-corrected chi connectivity index (χ1v) is 8.83. The molecule has 0 aliphatic rings. The summed E-state index contributed by atoms with van der Waals surface area (Å²) in [4.78, 5) is 13.6. The van der Waals surface area contributed by atoms with Gasteiger partial charge in [-0.1, -0.05) is 0 Å².